The van der Waals surface area contributed by atoms with Gasteiger partial charge in [0.25, 0.3) is 5.56 Å². The highest BCUT2D eigenvalue weighted by atomic mass is 16.2. The third-order valence-corrected chi connectivity index (χ3v) is 5.64. The van der Waals surface area contributed by atoms with E-state index in [2.05, 4.69) is 10.3 Å². The van der Waals surface area contributed by atoms with Gasteiger partial charge in [-0.1, -0.05) is 48.5 Å². The lowest BCUT2D eigenvalue weighted by atomic mass is 9.80. The Morgan fingerprint density at radius 3 is 2.36 bits per heavy atom. The molecule has 1 atom stereocenters. The number of rotatable bonds is 1. The van der Waals surface area contributed by atoms with E-state index in [1.165, 1.54) is 4.57 Å². The molecule has 2 aliphatic rings. The summed E-state index contributed by atoms with van der Waals surface area (Å²) in [7, 11) is 1.60. The van der Waals surface area contributed by atoms with Crippen LogP contribution in [-0.2, 0) is 7.05 Å². The van der Waals surface area contributed by atoms with Crippen LogP contribution in [0.1, 0.15) is 38.5 Å². The fourth-order valence-electron chi connectivity index (χ4n) is 4.25. The lowest BCUT2D eigenvalue weighted by Crippen LogP contribution is -2.37. The average Bonchev–Trinajstić information content (AvgIpc) is 2.98. The fourth-order valence-corrected chi connectivity index (χ4v) is 4.25. The summed E-state index contributed by atoms with van der Waals surface area (Å²) in [5, 5.41) is 3.22. The number of nitrogens with zero attached hydrogens (tertiary/aromatic N) is 1. The summed E-state index contributed by atoms with van der Waals surface area (Å²) >= 11 is 0. The predicted octanol–water partition coefficient (Wildman–Crippen LogP) is 2.55. The standard InChI is InChI=1S/C22H17N3O3/c1-11-7-3-4-8-12(11)15-16-18(13-9-5-6-10-14(13)19(16)26)23-20-17(15)21(27)24-22(28)25(20)2/h3-10,15,23H,1-2H3,(H,24,27,28). The maximum absolute atomic E-state index is 13.3. The molecule has 0 bridgehead atoms. The molecular weight excluding hydrogens is 354 g/mol. The molecule has 0 radical (unpaired) electrons. The molecule has 1 aliphatic carbocycles. The Bertz CT molecular complexity index is 1330. The van der Waals surface area contributed by atoms with Gasteiger partial charge in [0.1, 0.15) is 5.82 Å². The van der Waals surface area contributed by atoms with E-state index in [1.54, 1.807) is 13.1 Å². The van der Waals surface area contributed by atoms with Crippen molar-refractivity contribution in [3.8, 4) is 0 Å². The van der Waals surface area contributed by atoms with Gasteiger partial charge in [-0.2, -0.15) is 0 Å². The van der Waals surface area contributed by atoms with Gasteiger partial charge in [-0.3, -0.25) is 19.1 Å². The third-order valence-electron chi connectivity index (χ3n) is 5.64. The summed E-state index contributed by atoms with van der Waals surface area (Å²) in [6.07, 6.45) is 0. The highest BCUT2D eigenvalue weighted by Gasteiger charge is 2.42. The summed E-state index contributed by atoms with van der Waals surface area (Å²) < 4.78 is 1.39. The number of nitrogens with one attached hydrogen (secondary N) is 2. The van der Waals surface area contributed by atoms with E-state index in [0.717, 1.165) is 16.7 Å². The van der Waals surface area contributed by atoms with Crippen molar-refractivity contribution in [2.75, 3.05) is 5.32 Å². The highest BCUT2D eigenvalue weighted by Crippen LogP contribution is 2.48. The van der Waals surface area contributed by atoms with Crippen LogP contribution in [-0.4, -0.2) is 15.3 Å². The molecule has 0 spiro atoms. The number of aryl methyl sites for hydroxylation is 1. The van der Waals surface area contributed by atoms with Crippen LogP contribution in [0, 0.1) is 6.92 Å². The number of allylic oxidation sites excluding steroid dienone is 1. The van der Waals surface area contributed by atoms with Gasteiger partial charge in [0.15, 0.2) is 5.78 Å². The van der Waals surface area contributed by atoms with E-state index in [-0.39, 0.29) is 5.78 Å². The SMILES string of the molecule is Cc1ccccc1C1C2=C(Nc3c1c(=O)[nH]c(=O)n3C)c1ccccc1C2=O. The number of hydrogen-bond acceptors (Lipinski definition) is 4. The third kappa shape index (κ3) is 2.05. The van der Waals surface area contributed by atoms with Crippen molar-refractivity contribution >= 4 is 17.3 Å². The van der Waals surface area contributed by atoms with Gasteiger partial charge in [0.05, 0.1) is 11.3 Å². The smallest absolute Gasteiger partial charge is 0.329 e. The average molecular weight is 371 g/mol. The van der Waals surface area contributed by atoms with Gasteiger partial charge in [-0.05, 0) is 18.1 Å². The van der Waals surface area contributed by atoms with E-state index < -0.39 is 17.2 Å². The summed E-state index contributed by atoms with van der Waals surface area (Å²) in [5.74, 6) is -0.224. The lowest BCUT2D eigenvalue weighted by molar-refractivity contribution is 0.103. The molecule has 1 unspecified atom stereocenters. The second-order valence-electron chi connectivity index (χ2n) is 7.16. The van der Waals surface area contributed by atoms with E-state index >= 15 is 0 Å². The van der Waals surface area contributed by atoms with Crippen LogP contribution in [0.4, 0.5) is 5.82 Å². The van der Waals surface area contributed by atoms with Gasteiger partial charge < -0.3 is 5.32 Å². The Balaban J connectivity index is 1.90. The number of carbonyl (C=O) groups is 1. The Labute approximate surface area is 160 Å². The van der Waals surface area contributed by atoms with Crippen LogP contribution in [0.3, 0.4) is 0 Å². The van der Waals surface area contributed by atoms with Crippen molar-refractivity contribution in [1.29, 1.82) is 0 Å². The van der Waals surface area contributed by atoms with E-state index in [4.69, 9.17) is 0 Å². The van der Waals surface area contributed by atoms with Crippen molar-refractivity contribution in [2.45, 2.75) is 12.8 Å². The first kappa shape index (κ1) is 16.5. The number of H-pyrrole nitrogens is 1. The zero-order valence-electron chi connectivity index (χ0n) is 15.4. The molecule has 6 heteroatoms. The van der Waals surface area contributed by atoms with Gasteiger partial charge >= 0.3 is 5.69 Å². The van der Waals surface area contributed by atoms with Crippen LogP contribution >= 0.6 is 0 Å². The summed E-state index contributed by atoms with van der Waals surface area (Å²) in [4.78, 5) is 40.8. The Morgan fingerprint density at radius 1 is 0.929 bits per heavy atom. The number of carbonyl (C=O) groups excluding carboxylic acids is 1. The number of aromatic nitrogens is 2. The Morgan fingerprint density at radius 2 is 1.61 bits per heavy atom. The molecule has 0 saturated carbocycles. The van der Waals surface area contributed by atoms with Gasteiger partial charge in [-0.25, -0.2) is 4.79 Å². The molecule has 1 aromatic heterocycles. The van der Waals surface area contributed by atoms with Crippen molar-refractivity contribution in [3.05, 3.63) is 103 Å². The molecule has 6 nitrogen and oxygen atoms in total. The van der Waals surface area contributed by atoms with Crippen LogP contribution < -0.4 is 16.6 Å². The number of Topliss-reactive ketones (excluding diaryl/α,β-unsaturated/α-hetero) is 1. The zero-order valence-corrected chi connectivity index (χ0v) is 15.4. The maximum atomic E-state index is 13.3. The van der Waals surface area contributed by atoms with Crippen molar-refractivity contribution in [1.82, 2.24) is 9.55 Å². The number of aromatic amines is 1. The molecule has 28 heavy (non-hydrogen) atoms. The largest absolute Gasteiger partial charge is 0.340 e. The minimum atomic E-state index is -0.553. The molecule has 2 heterocycles. The Kier molecular flexibility index (Phi) is 3.34. The molecule has 2 N–H and O–H groups in total. The first-order valence-electron chi connectivity index (χ1n) is 9.03. The molecule has 138 valence electrons. The van der Waals surface area contributed by atoms with Crippen LogP contribution in [0.5, 0.6) is 0 Å². The number of ketones is 1. The monoisotopic (exact) mass is 371 g/mol. The van der Waals surface area contributed by atoms with Crippen molar-refractivity contribution in [3.63, 3.8) is 0 Å². The fraction of sp³-hybridized carbons (Fsp3) is 0.136. The van der Waals surface area contributed by atoms with E-state index in [0.29, 0.717) is 28.2 Å². The van der Waals surface area contributed by atoms with Crippen molar-refractivity contribution < 1.29 is 4.79 Å². The second-order valence-corrected chi connectivity index (χ2v) is 7.16. The molecule has 2 aromatic carbocycles. The summed E-state index contributed by atoms with van der Waals surface area (Å²) in [5.41, 5.74) is 3.88. The molecule has 0 amide bonds. The van der Waals surface area contributed by atoms with Gasteiger partial charge in [0.2, 0.25) is 0 Å². The Hall–Kier alpha value is -3.67. The van der Waals surface area contributed by atoms with Crippen molar-refractivity contribution in [2.24, 2.45) is 7.05 Å². The second kappa shape index (κ2) is 5.66. The molecule has 3 aromatic rings. The minimum absolute atomic E-state index is 0.0924. The zero-order chi connectivity index (χ0) is 19.6. The number of anilines is 1. The van der Waals surface area contributed by atoms with Gasteiger partial charge in [0, 0.05) is 29.7 Å². The predicted molar refractivity (Wildman–Crippen MR) is 107 cm³/mol. The van der Waals surface area contributed by atoms with Gasteiger partial charge in [-0.15, -0.1) is 0 Å². The number of fused-ring (bicyclic) bond motifs is 3. The highest BCUT2D eigenvalue weighted by molar-refractivity contribution is 6.23. The minimum Gasteiger partial charge on any atom is -0.340 e. The molecular formula is C22H17N3O3. The van der Waals surface area contributed by atoms with E-state index in [1.807, 2.05) is 49.4 Å². The van der Waals surface area contributed by atoms with Crippen LogP contribution in [0.2, 0.25) is 0 Å². The van der Waals surface area contributed by atoms with Crippen LogP contribution in [0.15, 0.2) is 63.7 Å². The van der Waals surface area contributed by atoms with Crippen LogP contribution in [0.25, 0.3) is 5.70 Å². The number of benzene rings is 2. The molecule has 0 saturated heterocycles. The molecule has 1 aliphatic heterocycles. The normalized spacial score (nSPS) is 17.1. The lowest BCUT2D eigenvalue weighted by Gasteiger charge is -2.29. The van der Waals surface area contributed by atoms with E-state index in [9.17, 15) is 14.4 Å². The number of hydrogen-bond donors (Lipinski definition) is 2. The quantitative estimate of drug-likeness (QED) is 0.689. The molecule has 0 fully saturated rings. The first-order chi connectivity index (χ1) is 13.5. The molecule has 5 rings (SSSR count). The first-order valence-corrected chi connectivity index (χ1v) is 9.03. The maximum Gasteiger partial charge on any atom is 0.329 e. The topological polar surface area (TPSA) is 84.0 Å². The summed E-state index contributed by atoms with van der Waals surface area (Å²) in [6, 6.07) is 15.1. The summed E-state index contributed by atoms with van der Waals surface area (Å²) in [6.45, 7) is 1.96.